The highest BCUT2D eigenvalue weighted by molar-refractivity contribution is 5.56. The van der Waals surface area contributed by atoms with Crippen molar-refractivity contribution in [2.45, 2.75) is 26.2 Å². The van der Waals surface area contributed by atoms with Gasteiger partial charge < -0.3 is 10.2 Å². The fourth-order valence-electron chi connectivity index (χ4n) is 2.20. The lowest BCUT2D eigenvalue weighted by atomic mass is 10.2. The molecule has 0 amide bonds. The first-order valence-electron chi connectivity index (χ1n) is 6.97. The molecule has 98 valence electrons. The Bertz CT molecular complexity index is 379. The molecule has 0 radical (unpaired) electrons. The number of nitrogens with zero attached hydrogens (tertiary/aromatic N) is 2. The minimum absolute atomic E-state index is 1.07. The number of pyridine rings is 1. The van der Waals surface area contributed by atoms with Gasteiger partial charge in [-0.2, -0.15) is 0 Å². The van der Waals surface area contributed by atoms with Crippen LogP contribution < -0.4 is 10.2 Å². The second-order valence-corrected chi connectivity index (χ2v) is 4.76. The molecule has 1 N–H and O–H groups in total. The van der Waals surface area contributed by atoms with Crippen LogP contribution in [-0.4, -0.2) is 31.2 Å². The van der Waals surface area contributed by atoms with Gasteiger partial charge >= 0.3 is 0 Å². The van der Waals surface area contributed by atoms with Crippen molar-refractivity contribution in [2.24, 2.45) is 0 Å². The van der Waals surface area contributed by atoms with Gasteiger partial charge in [0.1, 0.15) is 0 Å². The van der Waals surface area contributed by atoms with Crippen molar-refractivity contribution in [3.05, 3.63) is 30.1 Å². The van der Waals surface area contributed by atoms with Crippen LogP contribution in [0.3, 0.4) is 0 Å². The van der Waals surface area contributed by atoms with E-state index in [9.17, 15) is 0 Å². The molecule has 2 heterocycles. The molecule has 18 heavy (non-hydrogen) atoms. The highest BCUT2D eigenvalue weighted by Gasteiger charge is 2.09. The van der Waals surface area contributed by atoms with Crippen LogP contribution in [0.4, 0.5) is 5.69 Å². The summed E-state index contributed by atoms with van der Waals surface area (Å²) in [7, 11) is 0. The monoisotopic (exact) mass is 245 g/mol. The van der Waals surface area contributed by atoms with Crippen LogP contribution in [0.2, 0.25) is 0 Å². The Balaban J connectivity index is 2.05. The van der Waals surface area contributed by atoms with Crippen molar-refractivity contribution < 1.29 is 0 Å². The molecule has 0 spiro atoms. The van der Waals surface area contributed by atoms with Crippen LogP contribution in [-0.2, 0) is 0 Å². The fourth-order valence-corrected chi connectivity index (χ4v) is 2.20. The van der Waals surface area contributed by atoms with Gasteiger partial charge in [0.25, 0.3) is 0 Å². The Morgan fingerprint density at radius 2 is 2.28 bits per heavy atom. The zero-order valence-electron chi connectivity index (χ0n) is 11.2. The van der Waals surface area contributed by atoms with Gasteiger partial charge in [-0.05, 0) is 31.0 Å². The number of allylic oxidation sites excluding steroid dienone is 1. The Kier molecular flexibility index (Phi) is 5.21. The Morgan fingerprint density at radius 3 is 3.17 bits per heavy atom. The minimum atomic E-state index is 1.07. The van der Waals surface area contributed by atoms with Gasteiger partial charge in [-0.3, -0.25) is 4.98 Å². The van der Waals surface area contributed by atoms with Gasteiger partial charge in [-0.1, -0.05) is 25.5 Å². The normalized spacial score (nSPS) is 17.1. The molecule has 1 aliphatic heterocycles. The summed E-state index contributed by atoms with van der Waals surface area (Å²) < 4.78 is 0. The molecule has 0 aliphatic carbocycles. The van der Waals surface area contributed by atoms with Crippen LogP contribution in [0, 0.1) is 0 Å². The molecule has 0 aromatic carbocycles. The molecule has 1 aromatic rings. The maximum Gasteiger partial charge on any atom is 0.0559 e. The van der Waals surface area contributed by atoms with E-state index in [-0.39, 0.29) is 0 Å². The molecule has 0 bridgehead atoms. The summed E-state index contributed by atoms with van der Waals surface area (Å²) in [5.41, 5.74) is 2.45. The summed E-state index contributed by atoms with van der Waals surface area (Å²) in [5.74, 6) is 0. The van der Waals surface area contributed by atoms with Gasteiger partial charge in [0.05, 0.1) is 11.9 Å². The van der Waals surface area contributed by atoms with Crippen molar-refractivity contribution >= 4 is 11.8 Å². The maximum absolute atomic E-state index is 4.36. The van der Waals surface area contributed by atoms with E-state index in [4.69, 9.17) is 0 Å². The summed E-state index contributed by atoms with van der Waals surface area (Å²) in [5, 5.41) is 3.43. The Morgan fingerprint density at radius 1 is 1.33 bits per heavy atom. The van der Waals surface area contributed by atoms with Gasteiger partial charge in [0.15, 0.2) is 0 Å². The predicted molar refractivity (Wildman–Crippen MR) is 77.9 cm³/mol. The van der Waals surface area contributed by atoms with Crippen LogP contribution in [0.15, 0.2) is 24.5 Å². The summed E-state index contributed by atoms with van der Waals surface area (Å²) in [6, 6.07) is 2.24. The zero-order chi connectivity index (χ0) is 12.6. The summed E-state index contributed by atoms with van der Waals surface area (Å²) in [6.07, 6.45) is 11.9. The smallest absolute Gasteiger partial charge is 0.0559 e. The summed E-state index contributed by atoms with van der Waals surface area (Å²) in [4.78, 5) is 6.78. The average Bonchev–Trinajstić information content (AvgIpc) is 2.68. The number of hydrogen-bond donors (Lipinski definition) is 1. The van der Waals surface area contributed by atoms with Crippen LogP contribution >= 0.6 is 0 Å². The first-order valence-corrected chi connectivity index (χ1v) is 6.97. The second-order valence-electron chi connectivity index (χ2n) is 4.76. The highest BCUT2D eigenvalue weighted by atomic mass is 15.2. The summed E-state index contributed by atoms with van der Waals surface area (Å²) >= 11 is 0. The van der Waals surface area contributed by atoms with Crippen molar-refractivity contribution in [1.82, 2.24) is 10.3 Å². The van der Waals surface area contributed by atoms with Crippen molar-refractivity contribution in [1.29, 1.82) is 0 Å². The molecule has 0 saturated carbocycles. The minimum Gasteiger partial charge on any atom is -0.369 e. The number of rotatable bonds is 4. The standard InChI is InChI=1S/C15H23N3/c1-2-3-4-6-14-11-15(13-17-12-14)18-9-5-7-16-8-10-18/h4,6,11-13,16H,2-3,5,7-10H2,1H3/b6-4+. The lowest BCUT2D eigenvalue weighted by molar-refractivity contribution is 0.724. The summed E-state index contributed by atoms with van der Waals surface area (Å²) in [6.45, 7) is 6.58. The molecular weight excluding hydrogens is 222 g/mol. The van der Waals surface area contributed by atoms with Crippen LogP contribution in [0.5, 0.6) is 0 Å². The molecule has 2 rings (SSSR count). The lowest BCUT2D eigenvalue weighted by Crippen LogP contribution is -2.27. The van der Waals surface area contributed by atoms with Gasteiger partial charge in [0.2, 0.25) is 0 Å². The largest absolute Gasteiger partial charge is 0.369 e. The van der Waals surface area contributed by atoms with Gasteiger partial charge in [-0.25, -0.2) is 0 Å². The topological polar surface area (TPSA) is 28.2 Å². The zero-order valence-corrected chi connectivity index (χ0v) is 11.2. The molecule has 1 saturated heterocycles. The number of hydrogen-bond acceptors (Lipinski definition) is 3. The third kappa shape index (κ3) is 3.84. The van der Waals surface area contributed by atoms with E-state index >= 15 is 0 Å². The van der Waals surface area contributed by atoms with E-state index in [1.165, 1.54) is 24.1 Å². The number of unbranched alkanes of at least 4 members (excludes halogenated alkanes) is 1. The number of anilines is 1. The van der Waals surface area contributed by atoms with Gasteiger partial charge in [0, 0.05) is 25.8 Å². The van der Waals surface area contributed by atoms with E-state index in [1.807, 2.05) is 12.4 Å². The molecular formula is C15H23N3. The fraction of sp³-hybridized carbons (Fsp3) is 0.533. The molecule has 1 fully saturated rings. The molecule has 3 heteroatoms. The maximum atomic E-state index is 4.36. The lowest BCUT2D eigenvalue weighted by Gasteiger charge is -2.22. The predicted octanol–water partition coefficient (Wildman–Crippen LogP) is 2.69. The SMILES string of the molecule is CCC/C=C/c1cncc(N2CCCNCC2)c1. The van der Waals surface area contributed by atoms with E-state index in [2.05, 4.69) is 40.3 Å². The molecule has 3 nitrogen and oxygen atoms in total. The van der Waals surface area contributed by atoms with E-state index in [0.717, 1.165) is 32.6 Å². The third-order valence-electron chi connectivity index (χ3n) is 3.22. The second kappa shape index (κ2) is 7.17. The molecule has 0 atom stereocenters. The highest BCUT2D eigenvalue weighted by Crippen LogP contribution is 2.16. The van der Waals surface area contributed by atoms with Gasteiger partial charge in [-0.15, -0.1) is 0 Å². The van der Waals surface area contributed by atoms with E-state index < -0.39 is 0 Å². The van der Waals surface area contributed by atoms with Crippen molar-refractivity contribution in [3.8, 4) is 0 Å². The Labute approximate surface area is 110 Å². The average molecular weight is 245 g/mol. The van der Waals surface area contributed by atoms with Crippen molar-refractivity contribution in [3.63, 3.8) is 0 Å². The first-order chi connectivity index (χ1) is 8.90. The quantitative estimate of drug-likeness (QED) is 0.884. The molecule has 0 unspecified atom stereocenters. The number of nitrogens with one attached hydrogen (secondary N) is 1. The number of aromatic nitrogens is 1. The van der Waals surface area contributed by atoms with Crippen LogP contribution in [0.1, 0.15) is 31.7 Å². The van der Waals surface area contributed by atoms with Crippen molar-refractivity contribution in [2.75, 3.05) is 31.1 Å². The van der Waals surface area contributed by atoms with E-state index in [0.29, 0.717) is 0 Å². The molecule has 1 aromatic heterocycles. The Hall–Kier alpha value is -1.35. The third-order valence-corrected chi connectivity index (χ3v) is 3.22. The van der Waals surface area contributed by atoms with Crippen LogP contribution in [0.25, 0.3) is 6.08 Å². The molecule has 1 aliphatic rings. The first kappa shape index (κ1) is 13.1. The van der Waals surface area contributed by atoms with E-state index in [1.54, 1.807) is 0 Å².